The van der Waals surface area contributed by atoms with Gasteiger partial charge < -0.3 is 9.88 Å². The Morgan fingerprint density at radius 3 is 2.53 bits per heavy atom. The van der Waals surface area contributed by atoms with Gasteiger partial charge in [0.15, 0.2) is 0 Å². The average molecular weight is 229 g/mol. The molecule has 2 aromatic rings. The maximum Gasteiger partial charge on any atom is 0.0995 e. The highest BCUT2D eigenvalue weighted by Crippen LogP contribution is 2.16. The molecule has 0 fully saturated rings. The third-order valence-corrected chi connectivity index (χ3v) is 2.85. The zero-order valence-corrected chi connectivity index (χ0v) is 10.6. The second-order valence-corrected chi connectivity index (χ2v) is 4.55. The first-order valence-electron chi connectivity index (χ1n) is 5.98. The van der Waals surface area contributed by atoms with Crippen molar-refractivity contribution in [2.24, 2.45) is 0 Å². The van der Waals surface area contributed by atoms with Crippen LogP contribution < -0.4 is 5.32 Å². The monoisotopic (exact) mass is 229 g/mol. The molecule has 0 radical (unpaired) electrons. The minimum atomic E-state index is 0.576. The lowest BCUT2D eigenvalue weighted by atomic mass is 10.0. The van der Waals surface area contributed by atoms with Gasteiger partial charge in [-0.2, -0.15) is 0 Å². The number of nitrogens with zero attached hydrogens (tertiary/aromatic N) is 2. The minimum absolute atomic E-state index is 0.576. The standard InChI is InChI=1S/C14H19N3/c1-11(2)12-4-6-14(7-5-12)17-9-13(8-15-3)16-10-17/h4-7,9-11,15H,8H2,1-3H3. The van der Waals surface area contributed by atoms with Crippen LogP contribution in [0.3, 0.4) is 0 Å². The topological polar surface area (TPSA) is 29.9 Å². The molecule has 2 rings (SSSR count). The summed E-state index contributed by atoms with van der Waals surface area (Å²) in [5, 5.41) is 3.10. The summed E-state index contributed by atoms with van der Waals surface area (Å²) in [5.41, 5.74) is 3.58. The maximum absolute atomic E-state index is 4.34. The second kappa shape index (κ2) is 5.15. The largest absolute Gasteiger partial charge is 0.314 e. The molecule has 0 saturated carbocycles. The normalized spacial score (nSPS) is 11.1. The third-order valence-electron chi connectivity index (χ3n) is 2.85. The molecule has 0 saturated heterocycles. The Kier molecular flexibility index (Phi) is 3.59. The predicted molar refractivity (Wildman–Crippen MR) is 70.4 cm³/mol. The molecule has 3 heteroatoms. The van der Waals surface area contributed by atoms with Crippen LogP contribution in [0.1, 0.15) is 31.0 Å². The van der Waals surface area contributed by atoms with Gasteiger partial charge in [-0.25, -0.2) is 4.98 Å². The van der Waals surface area contributed by atoms with E-state index in [0.717, 1.165) is 17.9 Å². The molecule has 0 aliphatic carbocycles. The summed E-state index contributed by atoms with van der Waals surface area (Å²) >= 11 is 0. The van der Waals surface area contributed by atoms with Crippen LogP contribution in [-0.4, -0.2) is 16.6 Å². The van der Waals surface area contributed by atoms with E-state index in [9.17, 15) is 0 Å². The van der Waals surface area contributed by atoms with Crippen molar-refractivity contribution < 1.29 is 0 Å². The number of nitrogens with one attached hydrogen (secondary N) is 1. The van der Waals surface area contributed by atoms with Crippen molar-refractivity contribution in [2.45, 2.75) is 26.3 Å². The smallest absolute Gasteiger partial charge is 0.0995 e. The number of rotatable bonds is 4. The molecule has 0 bridgehead atoms. The number of imidazole rings is 1. The van der Waals surface area contributed by atoms with E-state index in [-0.39, 0.29) is 0 Å². The van der Waals surface area contributed by atoms with Crippen molar-refractivity contribution in [3.8, 4) is 5.69 Å². The first-order valence-corrected chi connectivity index (χ1v) is 5.98. The van der Waals surface area contributed by atoms with E-state index in [4.69, 9.17) is 0 Å². The van der Waals surface area contributed by atoms with E-state index < -0.39 is 0 Å². The number of hydrogen-bond acceptors (Lipinski definition) is 2. The van der Waals surface area contributed by atoms with Gasteiger partial charge >= 0.3 is 0 Å². The first-order chi connectivity index (χ1) is 8.20. The highest BCUT2D eigenvalue weighted by Gasteiger charge is 2.02. The molecule has 0 atom stereocenters. The molecule has 3 nitrogen and oxygen atoms in total. The lowest BCUT2D eigenvalue weighted by Gasteiger charge is -2.07. The quantitative estimate of drug-likeness (QED) is 0.873. The van der Waals surface area contributed by atoms with Gasteiger partial charge in [-0.1, -0.05) is 26.0 Å². The third kappa shape index (κ3) is 2.74. The zero-order valence-electron chi connectivity index (χ0n) is 10.6. The molecule has 90 valence electrons. The van der Waals surface area contributed by atoms with Crippen molar-refractivity contribution in [3.63, 3.8) is 0 Å². The molecule has 0 amide bonds. The van der Waals surface area contributed by atoms with E-state index in [1.807, 2.05) is 13.4 Å². The molecule has 0 aliphatic heterocycles. The molecule has 1 heterocycles. The van der Waals surface area contributed by atoms with Crippen molar-refractivity contribution in [2.75, 3.05) is 7.05 Å². The van der Waals surface area contributed by atoms with Gasteiger partial charge in [0.1, 0.15) is 0 Å². The molecule has 17 heavy (non-hydrogen) atoms. The Labute approximate surface area is 103 Å². The number of benzene rings is 1. The molecular weight excluding hydrogens is 210 g/mol. The molecule has 0 unspecified atom stereocenters. The summed E-state index contributed by atoms with van der Waals surface area (Å²) in [6, 6.07) is 8.63. The lowest BCUT2D eigenvalue weighted by Crippen LogP contribution is -2.04. The van der Waals surface area contributed by atoms with E-state index in [0.29, 0.717) is 5.92 Å². The average Bonchev–Trinajstić information content (AvgIpc) is 2.78. The summed E-state index contributed by atoms with van der Waals surface area (Å²) in [7, 11) is 1.93. The molecule has 1 aromatic heterocycles. The van der Waals surface area contributed by atoms with Crippen LogP contribution in [0.15, 0.2) is 36.8 Å². The van der Waals surface area contributed by atoms with Crippen LogP contribution >= 0.6 is 0 Å². The van der Waals surface area contributed by atoms with Crippen molar-refractivity contribution in [1.82, 2.24) is 14.9 Å². The Balaban J connectivity index is 2.21. The fraction of sp³-hybridized carbons (Fsp3) is 0.357. The zero-order chi connectivity index (χ0) is 12.3. The van der Waals surface area contributed by atoms with Gasteiger partial charge in [-0.05, 0) is 30.7 Å². The maximum atomic E-state index is 4.34. The fourth-order valence-electron chi connectivity index (χ4n) is 1.81. The Bertz CT molecular complexity index is 468. The van der Waals surface area contributed by atoms with E-state index in [2.05, 4.69) is 59.2 Å². The van der Waals surface area contributed by atoms with Gasteiger partial charge in [0, 0.05) is 18.4 Å². The Morgan fingerprint density at radius 2 is 1.94 bits per heavy atom. The van der Waals surface area contributed by atoms with Gasteiger partial charge in [0.05, 0.1) is 12.0 Å². The van der Waals surface area contributed by atoms with E-state index >= 15 is 0 Å². The highest BCUT2D eigenvalue weighted by atomic mass is 15.0. The SMILES string of the molecule is CNCc1cn(-c2ccc(C(C)C)cc2)cn1. The first kappa shape index (κ1) is 11.9. The summed E-state index contributed by atoms with van der Waals surface area (Å²) in [5.74, 6) is 0.576. The van der Waals surface area contributed by atoms with Crippen molar-refractivity contribution in [3.05, 3.63) is 48.0 Å². The number of hydrogen-bond donors (Lipinski definition) is 1. The van der Waals surface area contributed by atoms with Crippen LogP contribution in [0.25, 0.3) is 5.69 Å². The Hall–Kier alpha value is -1.61. The summed E-state index contributed by atoms with van der Waals surface area (Å²) in [6.45, 7) is 5.21. The van der Waals surface area contributed by atoms with Crippen LogP contribution in [0.2, 0.25) is 0 Å². The van der Waals surface area contributed by atoms with Crippen LogP contribution in [0.5, 0.6) is 0 Å². The summed E-state index contributed by atoms with van der Waals surface area (Å²) < 4.78 is 2.05. The summed E-state index contributed by atoms with van der Waals surface area (Å²) in [4.78, 5) is 4.34. The van der Waals surface area contributed by atoms with Gasteiger partial charge in [0.2, 0.25) is 0 Å². The minimum Gasteiger partial charge on any atom is -0.314 e. The number of aromatic nitrogens is 2. The van der Waals surface area contributed by atoms with Gasteiger partial charge in [0.25, 0.3) is 0 Å². The fourth-order valence-corrected chi connectivity index (χ4v) is 1.81. The van der Waals surface area contributed by atoms with Crippen molar-refractivity contribution >= 4 is 0 Å². The molecule has 0 spiro atoms. The van der Waals surface area contributed by atoms with Crippen molar-refractivity contribution in [1.29, 1.82) is 0 Å². The second-order valence-electron chi connectivity index (χ2n) is 4.55. The van der Waals surface area contributed by atoms with Crippen LogP contribution in [0, 0.1) is 0 Å². The molecule has 0 aliphatic rings. The van der Waals surface area contributed by atoms with Gasteiger partial charge in [-0.15, -0.1) is 0 Å². The highest BCUT2D eigenvalue weighted by molar-refractivity contribution is 5.36. The summed E-state index contributed by atoms with van der Waals surface area (Å²) in [6.07, 6.45) is 3.91. The molecule has 1 aromatic carbocycles. The van der Waals surface area contributed by atoms with Crippen LogP contribution in [-0.2, 0) is 6.54 Å². The van der Waals surface area contributed by atoms with Crippen LogP contribution in [0.4, 0.5) is 0 Å². The lowest BCUT2D eigenvalue weighted by molar-refractivity contribution is 0.796. The predicted octanol–water partition coefficient (Wildman–Crippen LogP) is 2.72. The van der Waals surface area contributed by atoms with Gasteiger partial charge in [-0.3, -0.25) is 0 Å². The van der Waals surface area contributed by atoms with E-state index in [1.165, 1.54) is 5.56 Å². The Morgan fingerprint density at radius 1 is 1.24 bits per heavy atom. The van der Waals surface area contributed by atoms with E-state index in [1.54, 1.807) is 0 Å². The molecular formula is C14H19N3. The molecule has 1 N–H and O–H groups in total.